The molecular weight excluding hydrogens is 332 g/mol. The summed E-state index contributed by atoms with van der Waals surface area (Å²) in [5, 5.41) is 0. The summed E-state index contributed by atoms with van der Waals surface area (Å²) in [6.07, 6.45) is 0. The first-order valence-corrected chi connectivity index (χ1v) is 8.55. The van der Waals surface area contributed by atoms with Gasteiger partial charge in [-0.1, -0.05) is 48.0 Å². The van der Waals surface area contributed by atoms with Crippen molar-refractivity contribution >= 4 is 68.4 Å². The number of thioether (sulfide) groups is 2. The second-order valence-electron chi connectivity index (χ2n) is 4.93. The van der Waals surface area contributed by atoms with Gasteiger partial charge in [0.25, 0.3) is 11.8 Å². The van der Waals surface area contributed by atoms with Crippen LogP contribution in [0.5, 0.6) is 0 Å². The van der Waals surface area contributed by atoms with Crippen molar-refractivity contribution in [2.75, 3.05) is 0 Å². The van der Waals surface area contributed by atoms with E-state index >= 15 is 0 Å². The molecule has 0 atom stereocenters. The molecule has 0 aromatic rings. The van der Waals surface area contributed by atoms with Crippen LogP contribution < -0.4 is 0 Å². The Morgan fingerprint density at radius 2 is 1.10 bits per heavy atom. The van der Waals surface area contributed by atoms with Gasteiger partial charge in [-0.05, 0) is 27.7 Å². The number of rotatable bonds is 2. The molecule has 0 aromatic carbocycles. The summed E-state index contributed by atoms with van der Waals surface area (Å²) in [7, 11) is 0. The van der Waals surface area contributed by atoms with Crippen LogP contribution in [-0.4, -0.2) is 42.3 Å². The minimum absolute atomic E-state index is 0.0183. The van der Waals surface area contributed by atoms with Crippen LogP contribution in [0.2, 0.25) is 0 Å². The molecule has 0 radical (unpaired) electrons. The second kappa shape index (κ2) is 5.75. The highest BCUT2D eigenvalue weighted by molar-refractivity contribution is 8.29. The molecule has 0 aromatic heterocycles. The lowest BCUT2D eigenvalue weighted by atomic mass is 10.3. The molecule has 2 aliphatic heterocycles. The Morgan fingerprint density at radius 3 is 1.30 bits per heavy atom. The first-order chi connectivity index (χ1) is 9.25. The summed E-state index contributed by atoms with van der Waals surface area (Å²) in [6.45, 7) is 7.58. The van der Waals surface area contributed by atoms with Crippen LogP contribution in [0.25, 0.3) is 0 Å². The van der Waals surface area contributed by atoms with E-state index in [1.54, 1.807) is 0 Å². The van der Waals surface area contributed by atoms with Crippen molar-refractivity contribution in [2.24, 2.45) is 0 Å². The molecular formula is C12H14N2O2S4. The SMILES string of the molecule is CC(C)N1C(=O)/C(=C2\SC(=S)N(C(C)C)C2=O)SC1=S. The van der Waals surface area contributed by atoms with Gasteiger partial charge in [-0.2, -0.15) is 0 Å². The van der Waals surface area contributed by atoms with Crippen molar-refractivity contribution < 1.29 is 9.59 Å². The van der Waals surface area contributed by atoms with E-state index in [0.29, 0.717) is 18.5 Å². The summed E-state index contributed by atoms with van der Waals surface area (Å²) in [6, 6.07) is -0.0366. The molecule has 20 heavy (non-hydrogen) atoms. The molecule has 2 fully saturated rings. The van der Waals surface area contributed by atoms with E-state index in [4.69, 9.17) is 24.4 Å². The zero-order valence-electron chi connectivity index (χ0n) is 11.5. The van der Waals surface area contributed by atoms with Crippen LogP contribution in [-0.2, 0) is 9.59 Å². The third-order valence-corrected chi connectivity index (χ3v) is 5.77. The third-order valence-electron chi connectivity index (χ3n) is 2.84. The fourth-order valence-electron chi connectivity index (χ4n) is 1.92. The Kier molecular flexibility index (Phi) is 4.58. The molecule has 0 N–H and O–H groups in total. The predicted octanol–water partition coefficient (Wildman–Crippen LogP) is 2.74. The molecule has 108 valence electrons. The Labute approximate surface area is 137 Å². The summed E-state index contributed by atoms with van der Waals surface area (Å²) in [5.41, 5.74) is 0. The van der Waals surface area contributed by atoms with Gasteiger partial charge in [0.1, 0.15) is 8.64 Å². The lowest BCUT2D eigenvalue weighted by Crippen LogP contribution is -2.36. The number of hydrogen-bond acceptors (Lipinski definition) is 6. The smallest absolute Gasteiger partial charge is 0.267 e. The van der Waals surface area contributed by atoms with Crippen molar-refractivity contribution in [3.8, 4) is 0 Å². The average molecular weight is 347 g/mol. The maximum Gasteiger partial charge on any atom is 0.267 e. The molecule has 0 aliphatic carbocycles. The number of thiocarbonyl (C=S) groups is 2. The van der Waals surface area contributed by atoms with Crippen molar-refractivity contribution in [2.45, 2.75) is 39.8 Å². The summed E-state index contributed by atoms with van der Waals surface area (Å²) in [4.78, 5) is 28.7. The van der Waals surface area contributed by atoms with Gasteiger partial charge in [0.15, 0.2) is 0 Å². The van der Waals surface area contributed by atoms with Gasteiger partial charge in [0.05, 0.1) is 9.81 Å². The summed E-state index contributed by atoms with van der Waals surface area (Å²) < 4.78 is 0.990. The largest absolute Gasteiger partial charge is 0.290 e. The molecule has 2 heterocycles. The number of nitrogens with zero attached hydrogens (tertiary/aromatic N) is 2. The van der Waals surface area contributed by atoms with E-state index in [0.717, 1.165) is 0 Å². The van der Waals surface area contributed by atoms with E-state index in [9.17, 15) is 9.59 Å². The zero-order valence-corrected chi connectivity index (χ0v) is 14.8. The topological polar surface area (TPSA) is 40.6 Å². The lowest BCUT2D eigenvalue weighted by molar-refractivity contribution is -0.125. The Bertz CT molecular complexity index is 506. The third kappa shape index (κ3) is 2.54. The van der Waals surface area contributed by atoms with Crippen molar-refractivity contribution in [1.29, 1.82) is 0 Å². The minimum atomic E-state index is -0.195. The highest BCUT2D eigenvalue weighted by atomic mass is 32.2. The number of carbonyl (C=O) groups excluding carboxylic acids is 2. The highest BCUT2D eigenvalue weighted by Crippen LogP contribution is 2.43. The van der Waals surface area contributed by atoms with Gasteiger partial charge in [0, 0.05) is 12.1 Å². The molecule has 0 spiro atoms. The maximum atomic E-state index is 12.4. The van der Waals surface area contributed by atoms with Gasteiger partial charge in [-0.25, -0.2) is 0 Å². The van der Waals surface area contributed by atoms with E-state index in [1.165, 1.54) is 33.3 Å². The molecule has 2 rings (SSSR count). The molecule has 4 nitrogen and oxygen atoms in total. The van der Waals surface area contributed by atoms with Gasteiger partial charge in [-0.15, -0.1) is 0 Å². The predicted molar refractivity (Wildman–Crippen MR) is 91.4 cm³/mol. The average Bonchev–Trinajstić information content (AvgIpc) is 2.76. The molecule has 0 unspecified atom stereocenters. The molecule has 2 saturated heterocycles. The number of carbonyl (C=O) groups is 2. The molecule has 8 heteroatoms. The molecule has 2 aliphatic rings. The second-order valence-corrected chi connectivity index (χ2v) is 8.22. The first-order valence-electron chi connectivity index (χ1n) is 6.10. The molecule has 0 saturated carbocycles. The maximum absolute atomic E-state index is 12.4. The van der Waals surface area contributed by atoms with Gasteiger partial charge < -0.3 is 0 Å². The monoisotopic (exact) mass is 346 g/mol. The molecule has 2 amide bonds. The van der Waals surface area contributed by atoms with Crippen LogP contribution in [0.4, 0.5) is 0 Å². The van der Waals surface area contributed by atoms with E-state index in [2.05, 4.69) is 0 Å². The van der Waals surface area contributed by atoms with Gasteiger partial charge in [-0.3, -0.25) is 19.4 Å². The van der Waals surface area contributed by atoms with Crippen LogP contribution in [0.15, 0.2) is 9.81 Å². The van der Waals surface area contributed by atoms with Crippen LogP contribution in [0.1, 0.15) is 27.7 Å². The molecule has 0 bridgehead atoms. The van der Waals surface area contributed by atoms with E-state index in [1.807, 2.05) is 27.7 Å². The highest BCUT2D eigenvalue weighted by Gasteiger charge is 2.43. The van der Waals surface area contributed by atoms with Crippen LogP contribution >= 0.6 is 48.0 Å². The van der Waals surface area contributed by atoms with Crippen molar-refractivity contribution in [3.63, 3.8) is 0 Å². The van der Waals surface area contributed by atoms with Gasteiger partial charge in [0.2, 0.25) is 0 Å². The van der Waals surface area contributed by atoms with E-state index in [-0.39, 0.29) is 23.9 Å². The van der Waals surface area contributed by atoms with Gasteiger partial charge >= 0.3 is 0 Å². The number of hydrogen-bond donors (Lipinski definition) is 0. The Hall–Kier alpha value is -0.440. The summed E-state index contributed by atoms with van der Waals surface area (Å²) >= 11 is 12.8. The van der Waals surface area contributed by atoms with Crippen molar-refractivity contribution in [1.82, 2.24) is 9.80 Å². The quantitative estimate of drug-likeness (QED) is 0.566. The normalized spacial score (nSPS) is 24.1. The first kappa shape index (κ1) is 15.9. The standard InChI is InChI=1S/C12H14N2O2S4/c1-5(2)13-9(15)7(19-11(13)17)8-10(16)14(6(3)4)12(18)20-8/h5-6H,1-4H3/b8-7+. The fourth-order valence-corrected chi connectivity index (χ4v) is 5.12. The Balaban J connectivity index is 2.41. The van der Waals surface area contributed by atoms with Crippen LogP contribution in [0.3, 0.4) is 0 Å². The number of amides is 2. The lowest BCUT2D eigenvalue weighted by Gasteiger charge is -2.19. The van der Waals surface area contributed by atoms with Crippen molar-refractivity contribution in [3.05, 3.63) is 9.81 Å². The summed E-state index contributed by atoms with van der Waals surface area (Å²) in [5.74, 6) is -0.390. The fraction of sp³-hybridized carbons (Fsp3) is 0.500. The zero-order chi connectivity index (χ0) is 15.2. The van der Waals surface area contributed by atoms with Crippen LogP contribution in [0, 0.1) is 0 Å². The minimum Gasteiger partial charge on any atom is -0.290 e. The Morgan fingerprint density at radius 1 is 0.800 bits per heavy atom. The van der Waals surface area contributed by atoms with E-state index < -0.39 is 0 Å².